The minimum Gasteiger partial charge on any atom is -0.494 e. The molecule has 5 nitrogen and oxygen atoms in total. The molecule has 0 saturated carbocycles. The highest BCUT2D eigenvalue weighted by molar-refractivity contribution is 7.09. The van der Waals surface area contributed by atoms with E-state index < -0.39 is 0 Å². The fourth-order valence-corrected chi connectivity index (χ4v) is 5.11. The maximum Gasteiger partial charge on any atom is 0.307 e. The number of hydrogen-bond acceptors (Lipinski definition) is 4. The van der Waals surface area contributed by atoms with Gasteiger partial charge in [0, 0.05) is 23.5 Å². The SMILES string of the molecule is Cc1cc(Cc2sc(=O)[nH]c2O)c2c(c1Oc1ccc3[nH]cc(C)c3c1)CCC2. The van der Waals surface area contributed by atoms with E-state index in [4.69, 9.17) is 4.74 Å². The van der Waals surface area contributed by atoms with Crippen LogP contribution in [0.15, 0.2) is 35.3 Å². The van der Waals surface area contributed by atoms with E-state index in [9.17, 15) is 9.90 Å². The van der Waals surface area contributed by atoms with Gasteiger partial charge in [-0.25, -0.2) is 0 Å². The van der Waals surface area contributed by atoms with Gasteiger partial charge in [-0.2, -0.15) is 0 Å². The summed E-state index contributed by atoms with van der Waals surface area (Å²) in [7, 11) is 0. The summed E-state index contributed by atoms with van der Waals surface area (Å²) in [6, 6.07) is 8.29. The van der Waals surface area contributed by atoms with Gasteiger partial charge < -0.3 is 14.8 Å². The molecule has 4 aromatic rings. The van der Waals surface area contributed by atoms with Crippen molar-refractivity contribution in [3.63, 3.8) is 0 Å². The van der Waals surface area contributed by atoms with Crippen LogP contribution in [0.1, 0.15) is 39.1 Å². The van der Waals surface area contributed by atoms with E-state index >= 15 is 0 Å². The van der Waals surface area contributed by atoms with Crippen molar-refractivity contribution in [3.8, 4) is 17.4 Å². The summed E-state index contributed by atoms with van der Waals surface area (Å²) in [5.41, 5.74) is 7.11. The lowest BCUT2D eigenvalue weighted by Crippen LogP contribution is -2.00. The van der Waals surface area contributed by atoms with Crippen LogP contribution in [0.25, 0.3) is 10.9 Å². The van der Waals surface area contributed by atoms with E-state index in [1.165, 1.54) is 27.6 Å². The maximum absolute atomic E-state index is 11.5. The molecular formula is C23H22N2O3S. The molecule has 0 bridgehead atoms. The number of nitrogens with one attached hydrogen (secondary N) is 2. The number of aromatic nitrogens is 2. The molecule has 148 valence electrons. The molecule has 0 spiro atoms. The van der Waals surface area contributed by atoms with Crippen LogP contribution in [0.2, 0.25) is 0 Å². The minimum atomic E-state index is -0.221. The van der Waals surface area contributed by atoms with Crippen molar-refractivity contribution >= 4 is 22.2 Å². The summed E-state index contributed by atoms with van der Waals surface area (Å²) in [5.74, 6) is 1.77. The molecule has 5 rings (SSSR count). The molecular weight excluding hydrogens is 384 g/mol. The Morgan fingerprint density at radius 1 is 1.14 bits per heavy atom. The molecule has 3 N–H and O–H groups in total. The molecule has 6 heteroatoms. The Balaban J connectivity index is 1.54. The summed E-state index contributed by atoms with van der Waals surface area (Å²) >= 11 is 1.08. The zero-order valence-corrected chi connectivity index (χ0v) is 17.2. The number of ether oxygens (including phenoxy) is 1. The Morgan fingerprint density at radius 3 is 2.76 bits per heavy atom. The van der Waals surface area contributed by atoms with Crippen LogP contribution in [0.3, 0.4) is 0 Å². The van der Waals surface area contributed by atoms with Gasteiger partial charge in [-0.05, 0) is 79.1 Å². The molecule has 0 unspecified atom stereocenters. The van der Waals surface area contributed by atoms with Gasteiger partial charge in [0.25, 0.3) is 0 Å². The molecule has 0 atom stereocenters. The Kier molecular flexibility index (Phi) is 4.24. The molecule has 0 saturated heterocycles. The fraction of sp³-hybridized carbons (Fsp3) is 0.261. The van der Waals surface area contributed by atoms with E-state index in [-0.39, 0.29) is 10.8 Å². The first-order valence-electron chi connectivity index (χ1n) is 9.80. The van der Waals surface area contributed by atoms with Crippen molar-refractivity contribution in [2.75, 3.05) is 0 Å². The maximum atomic E-state index is 11.5. The van der Waals surface area contributed by atoms with Gasteiger partial charge in [0.2, 0.25) is 5.88 Å². The van der Waals surface area contributed by atoms with Crippen LogP contribution in [-0.2, 0) is 19.3 Å². The van der Waals surface area contributed by atoms with Gasteiger partial charge in [0.05, 0.1) is 4.88 Å². The van der Waals surface area contributed by atoms with Crippen molar-refractivity contribution in [1.82, 2.24) is 9.97 Å². The number of aryl methyl sites for hydroxylation is 2. The van der Waals surface area contributed by atoms with Crippen molar-refractivity contribution in [2.45, 2.75) is 39.5 Å². The molecule has 2 aromatic carbocycles. The van der Waals surface area contributed by atoms with Crippen molar-refractivity contribution in [1.29, 1.82) is 0 Å². The number of H-pyrrole nitrogens is 2. The zero-order chi connectivity index (χ0) is 20.1. The number of fused-ring (bicyclic) bond motifs is 2. The van der Waals surface area contributed by atoms with E-state index in [1.807, 2.05) is 12.3 Å². The highest BCUT2D eigenvalue weighted by Gasteiger charge is 2.23. The number of aromatic amines is 2. The number of thiazole rings is 1. The third-order valence-electron chi connectivity index (χ3n) is 5.76. The van der Waals surface area contributed by atoms with Gasteiger partial charge >= 0.3 is 4.87 Å². The van der Waals surface area contributed by atoms with Crippen LogP contribution < -0.4 is 9.61 Å². The average molecular weight is 407 g/mol. The van der Waals surface area contributed by atoms with E-state index in [1.54, 1.807) is 0 Å². The predicted octanol–water partition coefficient (Wildman–Crippen LogP) is 5.11. The summed E-state index contributed by atoms with van der Waals surface area (Å²) in [5, 5.41) is 11.2. The van der Waals surface area contributed by atoms with Gasteiger partial charge in [0.15, 0.2) is 0 Å². The van der Waals surface area contributed by atoms with E-state index in [2.05, 4.69) is 42.0 Å². The number of aromatic hydroxyl groups is 1. The van der Waals surface area contributed by atoms with Gasteiger partial charge in [-0.3, -0.25) is 9.78 Å². The summed E-state index contributed by atoms with van der Waals surface area (Å²) in [6.07, 6.45) is 5.65. The van der Waals surface area contributed by atoms with E-state index in [0.29, 0.717) is 11.3 Å². The molecule has 0 amide bonds. The normalized spacial score (nSPS) is 13.2. The third kappa shape index (κ3) is 3.13. The largest absolute Gasteiger partial charge is 0.494 e. The van der Waals surface area contributed by atoms with Crippen LogP contribution in [0, 0.1) is 13.8 Å². The van der Waals surface area contributed by atoms with Gasteiger partial charge in [0.1, 0.15) is 11.5 Å². The number of hydrogen-bond donors (Lipinski definition) is 3. The Morgan fingerprint density at radius 2 is 1.97 bits per heavy atom. The Labute approximate surface area is 172 Å². The molecule has 0 fully saturated rings. The van der Waals surface area contributed by atoms with Crippen LogP contribution in [-0.4, -0.2) is 15.1 Å². The van der Waals surface area contributed by atoms with Gasteiger partial charge in [-0.15, -0.1) is 0 Å². The highest BCUT2D eigenvalue weighted by Crippen LogP contribution is 2.40. The molecule has 1 aliphatic carbocycles. The first-order valence-corrected chi connectivity index (χ1v) is 10.6. The minimum absolute atomic E-state index is 0.0140. The van der Waals surface area contributed by atoms with Gasteiger partial charge in [-0.1, -0.05) is 17.4 Å². The molecule has 29 heavy (non-hydrogen) atoms. The zero-order valence-electron chi connectivity index (χ0n) is 16.4. The quantitative estimate of drug-likeness (QED) is 0.441. The topological polar surface area (TPSA) is 78.1 Å². The monoisotopic (exact) mass is 406 g/mol. The van der Waals surface area contributed by atoms with Crippen molar-refractivity contribution in [3.05, 3.63) is 72.8 Å². The lowest BCUT2D eigenvalue weighted by atomic mass is 9.96. The molecule has 2 aromatic heterocycles. The first kappa shape index (κ1) is 18.1. The Bertz CT molecular complexity index is 1300. The summed E-state index contributed by atoms with van der Waals surface area (Å²) < 4.78 is 6.40. The highest BCUT2D eigenvalue weighted by atomic mass is 32.1. The second kappa shape index (κ2) is 6.81. The van der Waals surface area contributed by atoms with Crippen molar-refractivity contribution in [2.24, 2.45) is 0 Å². The molecule has 0 radical (unpaired) electrons. The molecule has 1 aliphatic rings. The second-order valence-corrected chi connectivity index (χ2v) is 8.80. The lowest BCUT2D eigenvalue weighted by Gasteiger charge is -2.17. The average Bonchev–Trinajstić information content (AvgIpc) is 3.39. The van der Waals surface area contributed by atoms with Crippen LogP contribution in [0.5, 0.6) is 17.4 Å². The second-order valence-electron chi connectivity index (χ2n) is 7.74. The van der Waals surface area contributed by atoms with Crippen LogP contribution >= 0.6 is 11.3 Å². The lowest BCUT2D eigenvalue weighted by molar-refractivity contribution is 0.451. The number of rotatable bonds is 4. The Hall–Kier alpha value is -2.99. The van der Waals surface area contributed by atoms with E-state index in [0.717, 1.165) is 53.2 Å². The van der Waals surface area contributed by atoms with Crippen molar-refractivity contribution < 1.29 is 9.84 Å². The van der Waals surface area contributed by atoms with Crippen LogP contribution in [0.4, 0.5) is 0 Å². The molecule has 2 heterocycles. The first-order chi connectivity index (χ1) is 14.0. The summed E-state index contributed by atoms with van der Waals surface area (Å²) in [6.45, 7) is 4.15. The third-order valence-corrected chi connectivity index (χ3v) is 6.63. The molecule has 0 aliphatic heterocycles. The summed E-state index contributed by atoms with van der Waals surface area (Å²) in [4.78, 5) is 17.7. The fourth-order valence-electron chi connectivity index (χ4n) is 4.37. The predicted molar refractivity (Wildman–Crippen MR) is 116 cm³/mol. The smallest absolute Gasteiger partial charge is 0.307 e. The standard InChI is InChI=1S/C23H22N2O3S/c1-12-8-14(9-20-22(26)25-23(27)29-20)16-4-3-5-17(16)21(12)28-15-6-7-19-18(10-15)13(2)11-24-19/h6-8,10-11,24,26H,3-5,9H2,1-2H3,(H,25,27). The number of benzene rings is 2.